The summed E-state index contributed by atoms with van der Waals surface area (Å²) in [5.41, 5.74) is 8.94. The van der Waals surface area contributed by atoms with Crippen LogP contribution in [-0.4, -0.2) is 54.7 Å². The largest absolute Gasteiger partial charge is 0.381 e. The molecule has 43 heavy (non-hydrogen) atoms. The van der Waals surface area contributed by atoms with Gasteiger partial charge in [0.25, 0.3) is 11.5 Å². The number of hydrogen-bond acceptors (Lipinski definition) is 5. The fourth-order valence-corrected chi connectivity index (χ4v) is 7.45. The number of benzene rings is 2. The Morgan fingerprint density at radius 3 is 2.40 bits per heavy atom. The number of amides is 1. The van der Waals surface area contributed by atoms with Gasteiger partial charge < -0.3 is 19.9 Å². The maximum Gasteiger partial charge on any atom is 0.253 e. The molecule has 0 atom stereocenters. The number of hydrogen-bond donors (Lipinski definition) is 2. The van der Waals surface area contributed by atoms with Crippen molar-refractivity contribution >= 4 is 11.6 Å². The molecule has 0 radical (unpaired) electrons. The number of H-pyrrole nitrogens is 1. The lowest BCUT2D eigenvalue weighted by Crippen LogP contribution is -2.58. The zero-order valence-electron chi connectivity index (χ0n) is 26.2. The van der Waals surface area contributed by atoms with Gasteiger partial charge in [0, 0.05) is 74.5 Å². The van der Waals surface area contributed by atoms with Crippen LogP contribution in [0.2, 0.25) is 0 Å². The van der Waals surface area contributed by atoms with Crippen molar-refractivity contribution < 1.29 is 9.53 Å². The van der Waals surface area contributed by atoms with Crippen molar-refractivity contribution in [2.75, 3.05) is 37.7 Å². The van der Waals surface area contributed by atoms with Gasteiger partial charge >= 0.3 is 0 Å². The molecule has 1 amide bonds. The van der Waals surface area contributed by atoms with Crippen LogP contribution >= 0.6 is 0 Å². The van der Waals surface area contributed by atoms with E-state index in [4.69, 9.17) is 4.74 Å². The molecule has 3 aliphatic rings. The summed E-state index contributed by atoms with van der Waals surface area (Å²) >= 11 is 0. The van der Waals surface area contributed by atoms with Crippen LogP contribution in [0.1, 0.15) is 77.3 Å². The van der Waals surface area contributed by atoms with Crippen LogP contribution in [0, 0.1) is 26.2 Å². The quantitative estimate of drug-likeness (QED) is 0.329. The molecule has 2 aromatic carbocycles. The summed E-state index contributed by atoms with van der Waals surface area (Å²) in [4.78, 5) is 34.3. The lowest BCUT2D eigenvalue weighted by Gasteiger charge is -2.56. The van der Waals surface area contributed by atoms with Gasteiger partial charge in [0.2, 0.25) is 0 Å². The number of aryl methyl sites for hydroxylation is 2. The third kappa shape index (κ3) is 6.16. The minimum atomic E-state index is -0.165. The Bertz CT molecular complexity index is 1530. The summed E-state index contributed by atoms with van der Waals surface area (Å²) in [7, 11) is 0. The number of anilines is 1. The summed E-state index contributed by atoms with van der Waals surface area (Å²) in [5.74, 6) is -0.165. The first-order valence-electron chi connectivity index (χ1n) is 16.0. The molecule has 1 aromatic heterocycles. The Morgan fingerprint density at radius 2 is 1.77 bits per heavy atom. The molecule has 6 rings (SSSR count). The van der Waals surface area contributed by atoms with Crippen molar-refractivity contribution in [2.24, 2.45) is 5.41 Å². The van der Waals surface area contributed by atoms with Crippen molar-refractivity contribution in [3.05, 3.63) is 86.3 Å². The Morgan fingerprint density at radius 1 is 1.05 bits per heavy atom. The molecule has 2 saturated heterocycles. The van der Waals surface area contributed by atoms with Gasteiger partial charge in [-0.2, -0.15) is 0 Å². The molecule has 7 nitrogen and oxygen atoms in total. The highest BCUT2D eigenvalue weighted by atomic mass is 16.5. The number of nitrogens with one attached hydrogen (secondary N) is 2. The number of aromatic amines is 1. The van der Waals surface area contributed by atoms with Gasteiger partial charge in [-0.3, -0.25) is 14.5 Å². The maximum absolute atomic E-state index is 13.8. The zero-order valence-corrected chi connectivity index (χ0v) is 26.2. The first-order chi connectivity index (χ1) is 20.7. The molecular formula is C36H46N4O3. The number of likely N-dealkylation sites (tertiary alicyclic amines) is 1. The monoisotopic (exact) mass is 582 g/mol. The van der Waals surface area contributed by atoms with E-state index >= 15 is 0 Å². The van der Waals surface area contributed by atoms with Crippen LogP contribution < -0.4 is 15.8 Å². The Labute approximate surface area is 255 Å². The second-order valence-electron chi connectivity index (χ2n) is 13.1. The predicted octanol–water partition coefficient (Wildman–Crippen LogP) is 5.89. The van der Waals surface area contributed by atoms with Gasteiger partial charge in [-0.15, -0.1) is 0 Å². The smallest absolute Gasteiger partial charge is 0.253 e. The summed E-state index contributed by atoms with van der Waals surface area (Å²) in [6, 6.07) is 15.5. The lowest BCUT2D eigenvalue weighted by molar-refractivity contribution is -0.0645. The van der Waals surface area contributed by atoms with Crippen LogP contribution in [0.4, 0.5) is 5.69 Å². The zero-order chi connectivity index (χ0) is 30.1. The SMILES string of the molecule is CCN(c1cc(-c2ccc(CN3CC4(CCC4)C3)cc2)cc(C(=O)NCc2c(C)cc(C)[nH]c2=O)c1C)C1CCOCC1. The number of carbonyl (C=O) groups excluding carboxylic acids is 1. The molecule has 3 fully saturated rings. The average molecular weight is 583 g/mol. The topological polar surface area (TPSA) is 77.7 Å². The van der Waals surface area contributed by atoms with Gasteiger partial charge in [0.05, 0.1) is 0 Å². The highest BCUT2D eigenvalue weighted by molar-refractivity contribution is 5.99. The molecule has 3 heterocycles. The van der Waals surface area contributed by atoms with E-state index in [0.29, 0.717) is 22.6 Å². The summed E-state index contributed by atoms with van der Waals surface area (Å²) < 4.78 is 5.67. The van der Waals surface area contributed by atoms with E-state index in [2.05, 4.69) is 57.4 Å². The van der Waals surface area contributed by atoms with Gasteiger partial charge in [0.15, 0.2) is 0 Å². The fraction of sp³-hybridized carbons (Fsp3) is 0.500. The van der Waals surface area contributed by atoms with Crippen molar-refractivity contribution in [1.82, 2.24) is 15.2 Å². The molecule has 1 aliphatic carbocycles. The Hall–Kier alpha value is -3.42. The minimum Gasteiger partial charge on any atom is -0.381 e. The summed E-state index contributed by atoms with van der Waals surface area (Å²) in [6.45, 7) is 14.0. The molecule has 1 spiro atoms. The molecule has 7 heteroatoms. The second-order valence-corrected chi connectivity index (χ2v) is 13.1. The van der Waals surface area contributed by atoms with E-state index in [1.807, 2.05) is 32.9 Å². The molecule has 0 unspecified atom stereocenters. The van der Waals surface area contributed by atoms with E-state index in [-0.39, 0.29) is 18.0 Å². The standard InChI is InChI=1S/C36H46N4O3/c1-5-40(30-11-15-43-16-12-30)33-19-29(28-9-7-27(8-10-28)21-39-22-36(23-39)13-6-14-36)18-31(26(33)4)34(41)37-20-32-24(2)17-25(3)38-35(32)42/h7-10,17-19,30H,5-6,11-16,20-23H2,1-4H3,(H,37,41)(H,38,42). The highest BCUT2D eigenvalue weighted by Crippen LogP contribution is 2.48. The van der Waals surface area contributed by atoms with E-state index in [9.17, 15) is 9.59 Å². The van der Waals surface area contributed by atoms with E-state index < -0.39 is 0 Å². The highest BCUT2D eigenvalue weighted by Gasteiger charge is 2.46. The normalized spacial score (nSPS) is 18.2. The van der Waals surface area contributed by atoms with Gasteiger partial charge in [0.1, 0.15) is 0 Å². The molecule has 2 aliphatic heterocycles. The minimum absolute atomic E-state index is 0.151. The maximum atomic E-state index is 13.8. The third-order valence-corrected chi connectivity index (χ3v) is 10.1. The average Bonchev–Trinajstić information content (AvgIpc) is 2.95. The third-order valence-electron chi connectivity index (χ3n) is 10.1. The van der Waals surface area contributed by atoms with Crippen molar-refractivity contribution in [3.63, 3.8) is 0 Å². The number of carbonyl (C=O) groups is 1. The van der Waals surface area contributed by atoms with Gasteiger partial charge in [-0.25, -0.2) is 0 Å². The van der Waals surface area contributed by atoms with E-state index in [1.165, 1.54) is 37.9 Å². The predicted molar refractivity (Wildman–Crippen MR) is 173 cm³/mol. The van der Waals surface area contributed by atoms with E-state index in [0.717, 1.165) is 72.8 Å². The molecule has 0 bridgehead atoms. The molecule has 2 N–H and O–H groups in total. The number of pyridine rings is 1. The van der Waals surface area contributed by atoms with Crippen LogP contribution in [0.15, 0.2) is 47.3 Å². The van der Waals surface area contributed by atoms with Crippen LogP contribution in [-0.2, 0) is 17.8 Å². The number of nitrogens with zero attached hydrogens (tertiary/aromatic N) is 2. The molecular weight excluding hydrogens is 536 g/mol. The van der Waals surface area contributed by atoms with Crippen molar-refractivity contribution in [2.45, 2.75) is 78.9 Å². The molecule has 1 saturated carbocycles. The van der Waals surface area contributed by atoms with E-state index in [1.54, 1.807) is 0 Å². The molecule has 3 aromatic rings. The Kier molecular flexibility index (Phi) is 8.47. The summed E-state index contributed by atoms with van der Waals surface area (Å²) in [5, 5.41) is 3.06. The number of aromatic nitrogens is 1. The fourth-order valence-electron chi connectivity index (χ4n) is 7.45. The first kappa shape index (κ1) is 29.6. The van der Waals surface area contributed by atoms with Crippen LogP contribution in [0.25, 0.3) is 11.1 Å². The Balaban J connectivity index is 1.28. The number of ether oxygens (including phenoxy) is 1. The summed E-state index contributed by atoms with van der Waals surface area (Å²) in [6.07, 6.45) is 6.15. The first-order valence-corrected chi connectivity index (χ1v) is 16.0. The van der Waals surface area contributed by atoms with Crippen molar-refractivity contribution in [3.8, 4) is 11.1 Å². The second kappa shape index (κ2) is 12.3. The van der Waals surface area contributed by atoms with Crippen molar-refractivity contribution in [1.29, 1.82) is 0 Å². The lowest BCUT2D eigenvalue weighted by atomic mass is 9.63. The van der Waals surface area contributed by atoms with Gasteiger partial charge in [-0.1, -0.05) is 30.7 Å². The van der Waals surface area contributed by atoms with Crippen LogP contribution in [0.5, 0.6) is 0 Å². The number of rotatable bonds is 9. The molecule has 228 valence electrons. The van der Waals surface area contributed by atoms with Crippen LogP contribution in [0.3, 0.4) is 0 Å². The van der Waals surface area contributed by atoms with Gasteiger partial charge in [-0.05, 0) is 105 Å².